The molecule has 0 atom stereocenters. The van der Waals surface area contributed by atoms with Crippen LogP contribution in [0.15, 0.2) is 42.5 Å². The molecule has 0 unspecified atom stereocenters. The van der Waals surface area contributed by atoms with E-state index in [0.717, 1.165) is 19.3 Å². The van der Waals surface area contributed by atoms with Gasteiger partial charge >= 0.3 is 188 Å². The van der Waals surface area contributed by atoms with E-state index in [0.29, 0.717) is 0 Å². The topological polar surface area (TPSA) is 0 Å². The SMILES string of the molecule is CCc1c(CC)c2c([c]([Zr+2]=[C]3CCCCC3)c1C1=CC=CC1)Cc1ccccc1-2.[Cl-].[Cl-]. The molecule has 0 spiro atoms. The van der Waals surface area contributed by atoms with Gasteiger partial charge in [0.15, 0.2) is 0 Å². The van der Waals surface area contributed by atoms with Crippen molar-refractivity contribution >= 4 is 12.1 Å². The third-order valence-electron chi connectivity index (χ3n) is 7.03. The van der Waals surface area contributed by atoms with E-state index in [1.54, 1.807) is 39.0 Å². The molecule has 2 aromatic rings. The van der Waals surface area contributed by atoms with E-state index in [9.17, 15) is 0 Å². The average molecular weight is 530 g/mol. The molecule has 1 saturated carbocycles. The van der Waals surface area contributed by atoms with Crippen LogP contribution in [0.4, 0.5) is 0 Å². The number of fused-ring (bicyclic) bond motifs is 3. The fourth-order valence-corrected chi connectivity index (χ4v) is 10.0. The summed E-state index contributed by atoms with van der Waals surface area (Å²) in [5.74, 6) is 0. The molecule has 0 bridgehead atoms. The van der Waals surface area contributed by atoms with Crippen molar-refractivity contribution in [2.45, 2.75) is 71.6 Å². The Morgan fingerprint density at radius 1 is 0.871 bits per heavy atom. The Morgan fingerprint density at radius 2 is 1.58 bits per heavy atom. The molecule has 3 heteroatoms. The minimum absolute atomic E-state index is 0. The summed E-state index contributed by atoms with van der Waals surface area (Å²) in [5.41, 5.74) is 13.1. The molecule has 3 aliphatic rings. The predicted octanol–water partition coefficient (Wildman–Crippen LogP) is 0.578. The Hall–Kier alpha value is -0.747. The predicted molar refractivity (Wildman–Crippen MR) is 123 cm³/mol. The number of hydrogen-bond acceptors (Lipinski definition) is 0. The molecule has 0 amide bonds. The van der Waals surface area contributed by atoms with E-state index in [1.165, 1.54) is 44.1 Å². The minimum atomic E-state index is -0.714. The van der Waals surface area contributed by atoms with Gasteiger partial charge in [0.05, 0.1) is 0 Å². The van der Waals surface area contributed by atoms with Crippen LogP contribution in [-0.4, -0.2) is 3.21 Å². The van der Waals surface area contributed by atoms with Crippen molar-refractivity contribution in [3.63, 3.8) is 0 Å². The first kappa shape index (κ1) is 24.9. The summed E-state index contributed by atoms with van der Waals surface area (Å²) >= 11 is -0.714. The van der Waals surface area contributed by atoms with Crippen LogP contribution >= 0.6 is 0 Å². The maximum atomic E-state index is 2.41. The molecule has 3 aliphatic carbocycles. The van der Waals surface area contributed by atoms with Gasteiger partial charge in [0.2, 0.25) is 0 Å². The van der Waals surface area contributed by atoms with Gasteiger partial charge in [-0.15, -0.1) is 0 Å². The van der Waals surface area contributed by atoms with Crippen LogP contribution in [0.5, 0.6) is 0 Å². The molecule has 1 fully saturated rings. The zero-order chi connectivity index (χ0) is 19.8. The summed E-state index contributed by atoms with van der Waals surface area (Å²) in [4.78, 5) is 0. The smallest absolute Gasteiger partial charge is 1.00 e. The first-order valence-electron chi connectivity index (χ1n) is 11.6. The van der Waals surface area contributed by atoms with E-state index < -0.39 is 22.8 Å². The molecule has 161 valence electrons. The largest absolute Gasteiger partial charge is 1.00 e. The summed E-state index contributed by atoms with van der Waals surface area (Å²) in [6.45, 7) is 4.76. The van der Waals surface area contributed by atoms with Gasteiger partial charge < -0.3 is 24.8 Å². The quantitative estimate of drug-likeness (QED) is 0.464. The van der Waals surface area contributed by atoms with E-state index in [4.69, 9.17) is 0 Å². The van der Waals surface area contributed by atoms with Gasteiger partial charge in [-0.25, -0.2) is 0 Å². The number of rotatable bonds is 4. The molecule has 0 heterocycles. The van der Waals surface area contributed by atoms with Crippen molar-refractivity contribution in [1.82, 2.24) is 0 Å². The van der Waals surface area contributed by atoms with Crippen molar-refractivity contribution in [2.75, 3.05) is 0 Å². The van der Waals surface area contributed by atoms with Crippen LogP contribution in [0.25, 0.3) is 16.7 Å². The standard InChI is InChI=1S/C22H21.C6H10.2ClH.Zr/c1-3-18-19(4-2)22-17(13-16-11-7-8-12-20(16)22)14-21(18)15-9-5-6-10-15;1-2-4-6-5-3-1;;;/h5-9,11-12H,3-4,10,13H2,1-2H3;1-5H2;2*1H;/q;;;;+2/p-2. The Bertz CT molecular complexity index is 1050. The molecule has 0 aliphatic heterocycles. The molecule has 0 N–H and O–H groups in total. The Labute approximate surface area is 211 Å². The van der Waals surface area contributed by atoms with E-state index >= 15 is 0 Å². The fraction of sp³-hybridized carbons (Fsp3) is 0.393. The monoisotopic (exact) mass is 527 g/mol. The zero-order valence-electron chi connectivity index (χ0n) is 18.7. The molecule has 5 rings (SSSR count). The average Bonchev–Trinajstić information content (AvgIpc) is 3.42. The van der Waals surface area contributed by atoms with Gasteiger partial charge in [-0.3, -0.25) is 0 Å². The van der Waals surface area contributed by atoms with Gasteiger partial charge in [-0.1, -0.05) is 0 Å². The second-order valence-corrected chi connectivity index (χ2v) is 12.3. The van der Waals surface area contributed by atoms with Crippen molar-refractivity contribution in [3.05, 3.63) is 70.3 Å². The first-order valence-corrected chi connectivity index (χ1v) is 14.0. The summed E-state index contributed by atoms with van der Waals surface area (Å²) in [5, 5.41) is 0. The van der Waals surface area contributed by atoms with Gasteiger partial charge in [0.25, 0.3) is 0 Å². The van der Waals surface area contributed by atoms with Gasteiger partial charge in [-0.2, -0.15) is 0 Å². The number of benzene rings is 2. The summed E-state index contributed by atoms with van der Waals surface area (Å²) < 4.78 is 3.82. The molecule has 0 radical (unpaired) electrons. The van der Waals surface area contributed by atoms with Gasteiger partial charge in [0.1, 0.15) is 0 Å². The van der Waals surface area contributed by atoms with Crippen LogP contribution < -0.4 is 28.1 Å². The van der Waals surface area contributed by atoms with Crippen LogP contribution in [-0.2, 0) is 42.0 Å². The Kier molecular flexibility index (Phi) is 8.76. The number of halogens is 2. The molecule has 0 saturated heterocycles. The van der Waals surface area contributed by atoms with Crippen LogP contribution in [0.2, 0.25) is 0 Å². The van der Waals surface area contributed by atoms with E-state index in [2.05, 4.69) is 56.3 Å². The Morgan fingerprint density at radius 3 is 2.26 bits per heavy atom. The van der Waals surface area contributed by atoms with Crippen molar-refractivity contribution in [3.8, 4) is 11.1 Å². The third-order valence-corrected chi connectivity index (χ3v) is 11.1. The fourth-order valence-electron chi connectivity index (χ4n) is 5.71. The van der Waals surface area contributed by atoms with Crippen molar-refractivity contribution in [2.24, 2.45) is 0 Å². The minimum Gasteiger partial charge on any atom is -1.00 e. The Balaban J connectivity index is 0.00000136. The van der Waals surface area contributed by atoms with Crippen molar-refractivity contribution < 1.29 is 47.6 Å². The van der Waals surface area contributed by atoms with Gasteiger partial charge in [0, 0.05) is 0 Å². The molecular formula is C28H31Cl2Zr. The zero-order valence-corrected chi connectivity index (χ0v) is 22.6. The van der Waals surface area contributed by atoms with Crippen molar-refractivity contribution in [1.29, 1.82) is 0 Å². The maximum Gasteiger partial charge on any atom is -1.00 e. The molecule has 31 heavy (non-hydrogen) atoms. The third kappa shape index (κ3) is 4.53. The summed E-state index contributed by atoms with van der Waals surface area (Å²) in [6.07, 6.45) is 18.8. The van der Waals surface area contributed by atoms with Crippen LogP contribution in [0.3, 0.4) is 0 Å². The van der Waals surface area contributed by atoms with E-state index in [1.807, 2.05) is 6.48 Å². The summed E-state index contributed by atoms with van der Waals surface area (Å²) in [6, 6.07) is 9.24. The molecule has 0 aromatic heterocycles. The summed E-state index contributed by atoms with van der Waals surface area (Å²) in [7, 11) is 0. The first-order chi connectivity index (χ1) is 14.3. The molecule has 2 aromatic carbocycles. The van der Waals surface area contributed by atoms with Crippen LogP contribution in [0, 0.1) is 0 Å². The van der Waals surface area contributed by atoms with E-state index in [-0.39, 0.29) is 24.8 Å². The van der Waals surface area contributed by atoms with Gasteiger partial charge in [-0.05, 0) is 0 Å². The molecular weight excluding hydrogens is 498 g/mol. The second kappa shape index (κ2) is 10.9. The normalized spacial score (nSPS) is 16.1. The van der Waals surface area contributed by atoms with Crippen LogP contribution in [0.1, 0.15) is 80.2 Å². The number of allylic oxidation sites excluding steroid dienone is 4. The maximum absolute atomic E-state index is 2.41. The number of hydrogen-bond donors (Lipinski definition) is 0. The molecule has 0 nitrogen and oxygen atoms in total. The second-order valence-electron chi connectivity index (χ2n) is 8.72.